The lowest BCUT2D eigenvalue weighted by Gasteiger charge is -1.84. The number of nitrogens with zero attached hydrogens (tertiary/aromatic N) is 2. The molecule has 3 nitrogen and oxygen atoms in total. The van der Waals surface area contributed by atoms with Crippen molar-refractivity contribution in [3.63, 3.8) is 0 Å². The molecule has 0 spiro atoms. The highest BCUT2D eigenvalue weighted by Gasteiger charge is 2.04. The quantitative estimate of drug-likeness (QED) is 0.520. The summed E-state index contributed by atoms with van der Waals surface area (Å²) in [5.74, 6) is 0. The number of aromatic nitrogens is 2. The molecule has 0 radical (unpaired) electrons. The molecule has 0 aliphatic heterocycles. The molecular weight excluding hydrogens is 164 g/mol. The van der Waals surface area contributed by atoms with Crippen LogP contribution in [0.1, 0.15) is 0 Å². The molecule has 0 bridgehead atoms. The molecule has 0 aliphatic rings. The largest absolute Gasteiger partial charge is 0.454 e. The van der Waals surface area contributed by atoms with Crippen LogP contribution in [0.2, 0.25) is 0 Å². The van der Waals surface area contributed by atoms with Gasteiger partial charge in [-0.05, 0) is 6.07 Å². The van der Waals surface area contributed by atoms with Crippen molar-refractivity contribution in [2.45, 2.75) is 0 Å². The van der Waals surface area contributed by atoms with Gasteiger partial charge in [-0.25, -0.2) is 0 Å². The molecule has 0 saturated carbocycles. The zero-order valence-corrected chi connectivity index (χ0v) is 6.77. The fraction of sp³-hybridized carbons (Fsp3) is 0. The second-order valence-corrected chi connectivity index (χ2v) is 2.87. The summed E-state index contributed by atoms with van der Waals surface area (Å²) in [5, 5.41) is 9.70. The molecule has 0 unspecified atom stereocenters. The Hall–Kier alpha value is -1.90. The number of fused-ring (bicyclic) bond motifs is 3. The van der Waals surface area contributed by atoms with Crippen molar-refractivity contribution in [2.75, 3.05) is 0 Å². The smallest absolute Gasteiger partial charge is 0.157 e. The Morgan fingerprint density at radius 1 is 0.846 bits per heavy atom. The standard InChI is InChI=1S/C10H6N2O/c1-2-4-9-7(3-1)8-5-11-12-6-10(8)13-9/h1-6H. The van der Waals surface area contributed by atoms with Crippen LogP contribution in [0.5, 0.6) is 0 Å². The van der Waals surface area contributed by atoms with Crippen LogP contribution >= 0.6 is 0 Å². The van der Waals surface area contributed by atoms with Crippen LogP contribution in [0.4, 0.5) is 0 Å². The molecule has 0 atom stereocenters. The lowest BCUT2D eigenvalue weighted by atomic mass is 10.2. The van der Waals surface area contributed by atoms with Crippen LogP contribution in [0.3, 0.4) is 0 Å². The van der Waals surface area contributed by atoms with Crippen molar-refractivity contribution in [3.8, 4) is 0 Å². The first-order valence-electron chi connectivity index (χ1n) is 4.03. The van der Waals surface area contributed by atoms with Crippen LogP contribution in [0, 0.1) is 0 Å². The minimum absolute atomic E-state index is 0.788. The van der Waals surface area contributed by atoms with Gasteiger partial charge in [-0.3, -0.25) is 0 Å². The summed E-state index contributed by atoms with van der Waals surface area (Å²) in [6.07, 6.45) is 3.36. The molecule has 0 fully saturated rings. The van der Waals surface area contributed by atoms with Crippen molar-refractivity contribution in [3.05, 3.63) is 36.7 Å². The van der Waals surface area contributed by atoms with Crippen molar-refractivity contribution in [2.24, 2.45) is 0 Å². The Morgan fingerprint density at radius 3 is 2.69 bits per heavy atom. The summed E-state index contributed by atoms with van der Waals surface area (Å²) >= 11 is 0. The van der Waals surface area contributed by atoms with Gasteiger partial charge in [-0.1, -0.05) is 18.2 Å². The summed E-state index contributed by atoms with van der Waals surface area (Å²) in [7, 11) is 0. The number of rotatable bonds is 0. The Morgan fingerprint density at radius 2 is 1.69 bits per heavy atom. The van der Waals surface area contributed by atoms with E-state index in [1.807, 2.05) is 24.3 Å². The molecule has 3 rings (SSSR count). The van der Waals surface area contributed by atoms with Gasteiger partial charge in [-0.15, -0.1) is 0 Å². The normalized spacial score (nSPS) is 11.1. The predicted molar refractivity (Wildman–Crippen MR) is 49.3 cm³/mol. The molecule has 0 saturated heterocycles. The van der Waals surface area contributed by atoms with Crippen LogP contribution in [0.25, 0.3) is 21.9 Å². The van der Waals surface area contributed by atoms with Gasteiger partial charge in [0.15, 0.2) is 5.58 Å². The predicted octanol–water partition coefficient (Wildman–Crippen LogP) is 2.38. The second kappa shape index (κ2) is 2.29. The molecule has 13 heavy (non-hydrogen) atoms. The molecule has 3 aromatic rings. The average molecular weight is 170 g/mol. The van der Waals surface area contributed by atoms with Gasteiger partial charge < -0.3 is 4.42 Å². The maximum absolute atomic E-state index is 5.55. The maximum atomic E-state index is 5.55. The van der Waals surface area contributed by atoms with Gasteiger partial charge in [0.2, 0.25) is 0 Å². The molecule has 3 heteroatoms. The lowest BCUT2D eigenvalue weighted by molar-refractivity contribution is 0.665. The SMILES string of the molecule is c1ccc2c(c1)oc1cnncc12. The number of para-hydroxylation sites is 1. The zero-order valence-electron chi connectivity index (χ0n) is 6.77. The van der Waals surface area contributed by atoms with Gasteiger partial charge >= 0.3 is 0 Å². The van der Waals surface area contributed by atoms with E-state index in [1.165, 1.54) is 0 Å². The summed E-state index contributed by atoms with van der Waals surface area (Å²) < 4.78 is 5.55. The van der Waals surface area contributed by atoms with E-state index in [0.717, 1.165) is 21.9 Å². The summed E-state index contributed by atoms with van der Waals surface area (Å²) in [4.78, 5) is 0. The van der Waals surface area contributed by atoms with E-state index in [4.69, 9.17) is 4.42 Å². The molecule has 2 aromatic heterocycles. The van der Waals surface area contributed by atoms with Crippen molar-refractivity contribution in [1.82, 2.24) is 10.2 Å². The first-order chi connectivity index (χ1) is 6.45. The number of hydrogen-bond donors (Lipinski definition) is 0. The van der Waals surface area contributed by atoms with E-state index >= 15 is 0 Å². The molecule has 1 aromatic carbocycles. The van der Waals surface area contributed by atoms with E-state index in [9.17, 15) is 0 Å². The van der Waals surface area contributed by atoms with Gasteiger partial charge in [-0.2, -0.15) is 10.2 Å². The molecule has 0 aliphatic carbocycles. The monoisotopic (exact) mass is 170 g/mol. The first kappa shape index (κ1) is 6.60. The first-order valence-corrected chi connectivity index (χ1v) is 4.03. The average Bonchev–Trinajstić information content (AvgIpc) is 2.56. The van der Waals surface area contributed by atoms with Crippen LogP contribution in [0.15, 0.2) is 41.1 Å². The number of benzene rings is 1. The highest BCUT2D eigenvalue weighted by Crippen LogP contribution is 2.26. The third-order valence-electron chi connectivity index (χ3n) is 2.09. The Labute approximate surface area is 74.0 Å². The molecular formula is C10H6N2O. The number of furan rings is 1. The highest BCUT2D eigenvalue weighted by molar-refractivity contribution is 6.03. The zero-order chi connectivity index (χ0) is 8.67. The maximum Gasteiger partial charge on any atom is 0.157 e. The van der Waals surface area contributed by atoms with E-state index in [0.29, 0.717) is 0 Å². The highest BCUT2D eigenvalue weighted by atomic mass is 16.3. The minimum Gasteiger partial charge on any atom is -0.454 e. The van der Waals surface area contributed by atoms with Gasteiger partial charge in [0, 0.05) is 5.39 Å². The van der Waals surface area contributed by atoms with Crippen LogP contribution in [-0.4, -0.2) is 10.2 Å². The summed E-state index contributed by atoms with van der Waals surface area (Å²) in [6.45, 7) is 0. The van der Waals surface area contributed by atoms with Gasteiger partial charge in [0.25, 0.3) is 0 Å². The molecule has 0 amide bonds. The van der Waals surface area contributed by atoms with E-state index in [2.05, 4.69) is 10.2 Å². The van der Waals surface area contributed by atoms with Crippen molar-refractivity contribution in [1.29, 1.82) is 0 Å². The van der Waals surface area contributed by atoms with E-state index in [1.54, 1.807) is 12.4 Å². The third-order valence-corrected chi connectivity index (χ3v) is 2.09. The molecule has 2 heterocycles. The van der Waals surface area contributed by atoms with Gasteiger partial charge in [0.1, 0.15) is 5.58 Å². The van der Waals surface area contributed by atoms with Gasteiger partial charge in [0.05, 0.1) is 17.8 Å². The summed E-state index contributed by atoms with van der Waals surface area (Å²) in [6, 6.07) is 7.89. The van der Waals surface area contributed by atoms with E-state index in [-0.39, 0.29) is 0 Å². The van der Waals surface area contributed by atoms with Crippen molar-refractivity contribution < 1.29 is 4.42 Å². The molecule has 0 N–H and O–H groups in total. The third kappa shape index (κ3) is 0.839. The van der Waals surface area contributed by atoms with Crippen molar-refractivity contribution >= 4 is 21.9 Å². The lowest BCUT2D eigenvalue weighted by Crippen LogP contribution is -1.75. The Balaban J connectivity index is 2.64. The Kier molecular flexibility index (Phi) is 1.16. The topological polar surface area (TPSA) is 38.9 Å². The Bertz CT molecular complexity index is 521. The number of hydrogen-bond acceptors (Lipinski definition) is 3. The fourth-order valence-electron chi connectivity index (χ4n) is 1.49. The minimum atomic E-state index is 0.788. The van der Waals surface area contributed by atoms with Crippen LogP contribution < -0.4 is 0 Å². The van der Waals surface area contributed by atoms with E-state index < -0.39 is 0 Å². The van der Waals surface area contributed by atoms with Crippen LogP contribution in [-0.2, 0) is 0 Å². The summed E-state index contributed by atoms with van der Waals surface area (Å²) in [5.41, 5.74) is 1.67. The second-order valence-electron chi connectivity index (χ2n) is 2.87. The molecule has 62 valence electrons. The fourth-order valence-corrected chi connectivity index (χ4v) is 1.49.